The van der Waals surface area contributed by atoms with Crippen LogP contribution in [0, 0.1) is 0 Å². The quantitative estimate of drug-likeness (QED) is 0.376. The predicted octanol–water partition coefficient (Wildman–Crippen LogP) is 4.50. The molecule has 2 heterocycles. The maximum atomic E-state index is 12.7. The Balaban J connectivity index is 2.01. The van der Waals surface area contributed by atoms with E-state index in [1.165, 1.54) is 10.4 Å². The summed E-state index contributed by atoms with van der Waals surface area (Å²) in [4.78, 5) is 19.5. The fourth-order valence-electron chi connectivity index (χ4n) is 2.34. The van der Waals surface area contributed by atoms with Gasteiger partial charge in [-0.25, -0.2) is 4.98 Å². The Labute approximate surface area is 143 Å². The van der Waals surface area contributed by atoms with Gasteiger partial charge in [0.2, 0.25) is 0 Å². The average molecular weight is 342 g/mol. The lowest BCUT2D eigenvalue weighted by atomic mass is 10.2. The summed E-state index contributed by atoms with van der Waals surface area (Å²) in [5, 5.41) is 1.48. The number of aromatic nitrogens is 2. The molecule has 5 heteroatoms. The van der Waals surface area contributed by atoms with Crippen LogP contribution in [-0.4, -0.2) is 9.55 Å². The summed E-state index contributed by atoms with van der Waals surface area (Å²) in [6, 6.07) is 12.2. The van der Waals surface area contributed by atoms with Crippen molar-refractivity contribution in [1.29, 1.82) is 0 Å². The molecule has 23 heavy (non-hydrogen) atoms. The smallest absolute Gasteiger partial charge is 0.263 e. The van der Waals surface area contributed by atoms with Crippen LogP contribution in [0.4, 0.5) is 0 Å². The van der Waals surface area contributed by atoms with Crippen LogP contribution in [-0.2, 0) is 18.7 Å². The van der Waals surface area contributed by atoms with Crippen molar-refractivity contribution < 1.29 is 0 Å². The Morgan fingerprint density at radius 3 is 2.83 bits per heavy atom. The van der Waals surface area contributed by atoms with E-state index in [9.17, 15) is 4.79 Å². The van der Waals surface area contributed by atoms with Crippen molar-refractivity contribution in [2.75, 3.05) is 0 Å². The zero-order valence-electron chi connectivity index (χ0n) is 13.0. The van der Waals surface area contributed by atoms with Gasteiger partial charge in [-0.1, -0.05) is 55.1 Å². The minimum atomic E-state index is 0.0291. The van der Waals surface area contributed by atoms with Gasteiger partial charge in [-0.05, 0) is 18.1 Å². The fraction of sp³-hybridized carbons (Fsp3) is 0.222. The van der Waals surface area contributed by atoms with Gasteiger partial charge in [0.25, 0.3) is 5.56 Å². The molecule has 2 aromatic heterocycles. The standard InChI is InChI=1S/C18H18N2OS2/c1-3-10-20-17(21)15-11-14(4-2)23-16(15)19-18(20)22-12-13-8-6-5-7-9-13/h3,5-9,11H,1,4,10,12H2,2H3. The number of hydrogen-bond donors (Lipinski definition) is 0. The molecule has 0 saturated carbocycles. The molecular formula is C18H18N2OS2. The van der Waals surface area contributed by atoms with Crippen LogP contribution < -0.4 is 5.56 Å². The Bertz CT molecular complexity index is 881. The number of aryl methyl sites for hydroxylation is 1. The first-order valence-electron chi connectivity index (χ1n) is 7.53. The summed E-state index contributed by atoms with van der Waals surface area (Å²) in [6.07, 6.45) is 2.67. The largest absolute Gasteiger partial charge is 0.283 e. The highest BCUT2D eigenvalue weighted by Gasteiger charge is 2.13. The summed E-state index contributed by atoms with van der Waals surface area (Å²) in [5.74, 6) is 0.794. The lowest BCUT2D eigenvalue weighted by molar-refractivity contribution is 0.673. The highest BCUT2D eigenvalue weighted by Crippen LogP contribution is 2.26. The Hall–Kier alpha value is -1.85. The van der Waals surface area contributed by atoms with Gasteiger partial charge in [-0.15, -0.1) is 17.9 Å². The maximum Gasteiger partial charge on any atom is 0.263 e. The number of thioether (sulfide) groups is 1. The van der Waals surface area contributed by atoms with Crippen molar-refractivity contribution in [2.45, 2.75) is 30.8 Å². The summed E-state index contributed by atoms with van der Waals surface area (Å²) in [6.45, 7) is 6.34. The van der Waals surface area contributed by atoms with E-state index in [1.807, 2.05) is 24.3 Å². The van der Waals surface area contributed by atoms with Gasteiger partial charge in [0, 0.05) is 17.2 Å². The van der Waals surface area contributed by atoms with Crippen LogP contribution in [0.3, 0.4) is 0 Å². The SMILES string of the molecule is C=CCn1c(SCc2ccccc2)nc2sc(CC)cc2c1=O. The number of fused-ring (bicyclic) bond motifs is 1. The topological polar surface area (TPSA) is 34.9 Å². The van der Waals surface area contributed by atoms with Gasteiger partial charge in [-0.2, -0.15) is 0 Å². The number of allylic oxidation sites excluding steroid dienone is 1. The molecule has 0 spiro atoms. The summed E-state index contributed by atoms with van der Waals surface area (Å²) >= 11 is 3.21. The van der Waals surface area contributed by atoms with Crippen LogP contribution in [0.1, 0.15) is 17.4 Å². The molecule has 1 aromatic carbocycles. The predicted molar refractivity (Wildman–Crippen MR) is 99.5 cm³/mol. The van der Waals surface area contributed by atoms with E-state index in [0.29, 0.717) is 6.54 Å². The van der Waals surface area contributed by atoms with Gasteiger partial charge in [-0.3, -0.25) is 9.36 Å². The second-order valence-electron chi connectivity index (χ2n) is 5.16. The molecule has 0 radical (unpaired) electrons. The number of benzene rings is 1. The molecule has 0 bridgehead atoms. The number of rotatable bonds is 6. The second-order valence-corrected chi connectivity index (χ2v) is 7.22. The molecule has 0 amide bonds. The monoisotopic (exact) mass is 342 g/mol. The van der Waals surface area contributed by atoms with E-state index in [1.54, 1.807) is 33.7 Å². The molecule has 0 atom stereocenters. The highest BCUT2D eigenvalue weighted by molar-refractivity contribution is 7.98. The van der Waals surface area contributed by atoms with E-state index in [2.05, 4.69) is 25.6 Å². The third kappa shape index (κ3) is 3.41. The van der Waals surface area contributed by atoms with E-state index < -0.39 is 0 Å². The van der Waals surface area contributed by atoms with Gasteiger partial charge < -0.3 is 0 Å². The first kappa shape index (κ1) is 16.0. The van der Waals surface area contributed by atoms with Crippen molar-refractivity contribution in [3.8, 4) is 0 Å². The van der Waals surface area contributed by atoms with Crippen LogP contribution in [0.15, 0.2) is 59.0 Å². The molecule has 0 aliphatic carbocycles. The summed E-state index contributed by atoms with van der Waals surface area (Å²) < 4.78 is 1.72. The van der Waals surface area contributed by atoms with E-state index in [4.69, 9.17) is 4.98 Å². The van der Waals surface area contributed by atoms with E-state index in [-0.39, 0.29) is 5.56 Å². The van der Waals surface area contributed by atoms with Gasteiger partial charge in [0.15, 0.2) is 5.16 Å². The number of hydrogen-bond acceptors (Lipinski definition) is 4. The number of nitrogens with zero attached hydrogens (tertiary/aromatic N) is 2. The first-order valence-corrected chi connectivity index (χ1v) is 9.34. The minimum absolute atomic E-state index is 0.0291. The van der Waals surface area contributed by atoms with Crippen LogP contribution in [0.5, 0.6) is 0 Å². The molecule has 0 aliphatic heterocycles. The summed E-state index contributed by atoms with van der Waals surface area (Å²) in [5.41, 5.74) is 1.25. The second kappa shape index (κ2) is 7.15. The maximum absolute atomic E-state index is 12.7. The Morgan fingerprint density at radius 1 is 1.35 bits per heavy atom. The Kier molecular flexibility index (Phi) is 4.98. The molecular weight excluding hydrogens is 324 g/mol. The number of thiophene rings is 1. The lowest BCUT2D eigenvalue weighted by Gasteiger charge is -2.09. The van der Waals surface area contributed by atoms with Crippen molar-refractivity contribution in [3.63, 3.8) is 0 Å². The molecule has 0 saturated heterocycles. The zero-order valence-corrected chi connectivity index (χ0v) is 14.6. The molecule has 3 nitrogen and oxygen atoms in total. The minimum Gasteiger partial charge on any atom is -0.283 e. The van der Waals surface area contributed by atoms with Crippen molar-refractivity contribution >= 4 is 33.3 Å². The van der Waals surface area contributed by atoms with Gasteiger partial charge >= 0.3 is 0 Å². The lowest BCUT2D eigenvalue weighted by Crippen LogP contribution is -2.22. The van der Waals surface area contributed by atoms with Crippen LogP contribution >= 0.6 is 23.1 Å². The van der Waals surface area contributed by atoms with Crippen molar-refractivity contribution in [2.24, 2.45) is 0 Å². The van der Waals surface area contributed by atoms with Crippen molar-refractivity contribution in [3.05, 3.63) is 69.8 Å². The average Bonchev–Trinajstić information content (AvgIpc) is 3.00. The van der Waals surface area contributed by atoms with E-state index >= 15 is 0 Å². The van der Waals surface area contributed by atoms with Crippen LogP contribution in [0.25, 0.3) is 10.2 Å². The normalized spacial score (nSPS) is 11.0. The van der Waals surface area contributed by atoms with Gasteiger partial charge in [0.1, 0.15) is 4.83 Å². The molecule has 0 aliphatic rings. The third-order valence-corrected chi connectivity index (χ3v) is 5.76. The molecule has 0 fully saturated rings. The van der Waals surface area contributed by atoms with Crippen molar-refractivity contribution in [1.82, 2.24) is 9.55 Å². The molecule has 0 N–H and O–H groups in total. The fourth-order valence-corrected chi connectivity index (χ4v) is 4.32. The van der Waals surface area contributed by atoms with E-state index in [0.717, 1.165) is 27.5 Å². The van der Waals surface area contributed by atoms with Gasteiger partial charge in [0.05, 0.1) is 5.39 Å². The highest BCUT2D eigenvalue weighted by atomic mass is 32.2. The summed E-state index contributed by atoms with van der Waals surface area (Å²) in [7, 11) is 0. The molecule has 3 rings (SSSR count). The third-order valence-electron chi connectivity index (χ3n) is 3.54. The molecule has 118 valence electrons. The zero-order chi connectivity index (χ0) is 16.2. The molecule has 0 unspecified atom stereocenters. The van der Waals surface area contributed by atoms with Crippen LogP contribution in [0.2, 0.25) is 0 Å². The molecule has 3 aromatic rings. The first-order chi connectivity index (χ1) is 11.2. The Morgan fingerprint density at radius 2 is 2.13 bits per heavy atom.